The highest BCUT2D eigenvalue weighted by Gasteiger charge is 2.09. The number of nitrogens with zero attached hydrogens (tertiary/aromatic N) is 1. The second kappa shape index (κ2) is 2.91. The van der Waals surface area contributed by atoms with Crippen LogP contribution >= 0.6 is 34.8 Å². The zero-order valence-corrected chi connectivity index (χ0v) is 6.73. The standard InChI is InChI=1S/C5Cl3FN/c6-2-1-10-5(9)4(8)3(2)7. The second-order valence-corrected chi connectivity index (χ2v) is 2.59. The summed E-state index contributed by atoms with van der Waals surface area (Å²) < 4.78 is 12.3. The Morgan fingerprint density at radius 3 is 2.30 bits per heavy atom. The molecule has 0 atom stereocenters. The maximum Gasteiger partial charge on any atom is 0.233 e. The van der Waals surface area contributed by atoms with E-state index in [0.717, 1.165) is 0 Å². The van der Waals surface area contributed by atoms with E-state index in [9.17, 15) is 4.39 Å². The van der Waals surface area contributed by atoms with Gasteiger partial charge >= 0.3 is 0 Å². The smallest absolute Gasteiger partial charge is 0.215 e. The monoisotopic (exact) mass is 198 g/mol. The molecule has 0 aromatic carbocycles. The molecule has 0 aliphatic rings. The molecule has 1 radical (unpaired) electrons. The average Bonchev–Trinajstić information content (AvgIpc) is 1.93. The topological polar surface area (TPSA) is 12.9 Å². The molecule has 1 aromatic heterocycles. The molecule has 0 fully saturated rings. The maximum absolute atomic E-state index is 12.3. The normalized spacial score (nSPS) is 10.0. The van der Waals surface area contributed by atoms with Crippen LogP contribution in [0.2, 0.25) is 15.1 Å². The maximum atomic E-state index is 12.3. The molecule has 1 nitrogen and oxygen atoms in total. The van der Waals surface area contributed by atoms with Crippen molar-refractivity contribution in [3.05, 3.63) is 27.2 Å². The largest absolute Gasteiger partial charge is 0.233 e. The molecular formula is C5Cl3FN. The first-order valence-corrected chi connectivity index (χ1v) is 3.34. The van der Waals surface area contributed by atoms with E-state index < -0.39 is 5.95 Å². The van der Waals surface area contributed by atoms with Gasteiger partial charge in [-0.2, -0.15) is 4.39 Å². The minimum atomic E-state index is -0.865. The Balaban J connectivity index is 3.34. The van der Waals surface area contributed by atoms with Crippen LogP contribution in [0, 0.1) is 12.1 Å². The van der Waals surface area contributed by atoms with Crippen molar-refractivity contribution in [3.63, 3.8) is 0 Å². The molecule has 0 amide bonds. The third-order valence-electron chi connectivity index (χ3n) is 0.819. The molecule has 0 unspecified atom stereocenters. The molecule has 5 heteroatoms. The van der Waals surface area contributed by atoms with E-state index in [0.29, 0.717) is 0 Å². The Bertz CT molecular complexity index is 236. The van der Waals surface area contributed by atoms with Crippen molar-refractivity contribution < 1.29 is 4.39 Å². The molecule has 0 saturated heterocycles. The van der Waals surface area contributed by atoms with E-state index in [1.807, 2.05) is 0 Å². The highest BCUT2D eigenvalue weighted by molar-refractivity contribution is 6.47. The summed E-state index contributed by atoms with van der Waals surface area (Å²) in [5, 5.41) is -0.311. The van der Waals surface area contributed by atoms with Crippen LogP contribution < -0.4 is 0 Å². The van der Waals surface area contributed by atoms with Gasteiger partial charge in [0.25, 0.3) is 0 Å². The van der Waals surface area contributed by atoms with Crippen LogP contribution in [0.25, 0.3) is 0 Å². The van der Waals surface area contributed by atoms with Gasteiger partial charge in [-0.3, -0.25) is 0 Å². The van der Waals surface area contributed by atoms with Gasteiger partial charge in [0, 0.05) is 0 Å². The van der Waals surface area contributed by atoms with Crippen LogP contribution in [-0.4, -0.2) is 4.98 Å². The fraction of sp³-hybridized carbons (Fsp3) is 0. The van der Waals surface area contributed by atoms with Crippen LogP contribution in [0.15, 0.2) is 0 Å². The summed E-state index contributed by atoms with van der Waals surface area (Å²) in [5.41, 5.74) is 0. The van der Waals surface area contributed by atoms with E-state index in [4.69, 9.17) is 34.8 Å². The highest BCUT2D eigenvalue weighted by atomic mass is 35.5. The average molecular weight is 199 g/mol. The van der Waals surface area contributed by atoms with Gasteiger partial charge in [0.15, 0.2) is 0 Å². The molecular weight excluding hydrogens is 199 g/mol. The lowest BCUT2D eigenvalue weighted by Gasteiger charge is -1.95. The van der Waals surface area contributed by atoms with Crippen molar-refractivity contribution in [2.45, 2.75) is 0 Å². The van der Waals surface area contributed by atoms with Gasteiger partial charge in [-0.15, -0.1) is 0 Å². The second-order valence-electron chi connectivity index (χ2n) is 1.46. The van der Waals surface area contributed by atoms with E-state index in [2.05, 4.69) is 11.2 Å². The first-order valence-electron chi connectivity index (χ1n) is 2.20. The summed E-state index contributed by atoms with van der Waals surface area (Å²) in [4.78, 5) is 3.10. The first-order chi connectivity index (χ1) is 4.63. The minimum absolute atomic E-state index is 0.0214. The lowest BCUT2D eigenvalue weighted by atomic mass is 10.5. The fourth-order valence-corrected chi connectivity index (χ4v) is 0.825. The molecule has 0 aliphatic carbocycles. The van der Waals surface area contributed by atoms with Gasteiger partial charge in [0.2, 0.25) is 5.95 Å². The molecule has 0 spiro atoms. The fourth-order valence-electron chi connectivity index (χ4n) is 0.383. The molecule has 10 heavy (non-hydrogen) atoms. The number of pyridine rings is 1. The van der Waals surface area contributed by atoms with Crippen LogP contribution in [0.1, 0.15) is 0 Å². The first kappa shape index (κ1) is 8.05. The van der Waals surface area contributed by atoms with E-state index in [-0.39, 0.29) is 15.1 Å². The number of hydrogen-bond acceptors (Lipinski definition) is 1. The zero-order valence-electron chi connectivity index (χ0n) is 4.46. The quantitative estimate of drug-likeness (QED) is 0.585. The van der Waals surface area contributed by atoms with Crippen LogP contribution in [0.3, 0.4) is 0 Å². The SMILES string of the molecule is Fc1n[c]c(Cl)c(Cl)c1Cl. The highest BCUT2D eigenvalue weighted by Crippen LogP contribution is 2.29. The molecule has 0 saturated carbocycles. The predicted molar refractivity (Wildman–Crippen MR) is 38.1 cm³/mol. The Hall–Kier alpha value is -0.0500. The van der Waals surface area contributed by atoms with E-state index >= 15 is 0 Å². The van der Waals surface area contributed by atoms with Gasteiger partial charge in [-0.05, 0) is 0 Å². The summed E-state index contributed by atoms with van der Waals surface area (Å²) in [7, 11) is 0. The number of aromatic nitrogens is 1. The molecule has 1 rings (SSSR count). The summed E-state index contributed by atoms with van der Waals surface area (Å²) in [6.07, 6.45) is 2.13. The predicted octanol–water partition coefficient (Wildman–Crippen LogP) is 2.98. The summed E-state index contributed by atoms with van der Waals surface area (Å²) in [6.45, 7) is 0. The summed E-state index contributed by atoms with van der Waals surface area (Å²) in [5.74, 6) is -0.865. The summed E-state index contributed by atoms with van der Waals surface area (Å²) >= 11 is 16.1. The van der Waals surface area contributed by atoms with Crippen molar-refractivity contribution in [1.82, 2.24) is 4.98 Å². The van der Waals surface area contributed by atoms with Crippen LogP contribution in [-0.2, 0) is 0 Å². The van der Waals surface area contributed by atoms with Gasteiger partial charge < -0.3 is 0 Å². The van der Waals surface area contributed by atoms with Gasteiger partial charge in [0.1, 0.15) is 11.2 Å². The Morgan fingerprint density at radius 2 is 1.80 bits per heavy atom. The molecule has 0 aliphatic heterocycles. The van der Waals surface area contributed by atoms with Crippen molar-refractivity contribution in [3.8, 4) is 0 Å². The van der Waals surface area contributed by atoms with Gasteiger partial charge in [-0.1, -0.05) is 34.8 Å². The van der Waals surface area contributed by atoms with Gasteiger partial charge in [0.05, 0.1) is 10.0 Å². The van der Waals surface area contributed by atoms with Crippen molar-refractivity contribution in [2.24, 2.45) is 0 Å². The Kier molecular flexibility index (Phi) is 2.34. The number of hydrogen-bond donors (Lipinski definition) is 0. The lowest BCUT2D eigenvalue weighted by molar-refractivity contribution is 0.583. The molecule has 0 N–H and O–H groups in total. The molecule has 0 bridgehead atoms. The Labute approximate surface area is 71.7 Å². The van der Waals surface area contributed by atoms with Crippen molar-refractivity contribution in [2.75, 3.05) is 0 Å². The Morgan fingerprint density at radius 1 is 1.20 bits per heavy atom. The lowest BCUT2D eigenvalue weighted by Crippen LogP contribution is -1.84. The summed E-state index contributed by atoms with van der Waals surface area (Å²) in [6, 6.07) is 0. The number of halogens is 4. The molecule has 1 aromatic rings. The third kappa shape index (κ3) is 1.34. The van der Waals surface area contributed by atoms with Crippen LogP contribution in [0.5, 0.6) is 0 Å². The molecule has 53 valence electrons. The van der Waals surface area contributed by atoms with E-state index in [1.165, 1.54) is 0 Å². The van der Waals surface area contributed by atoms with E-state index in [1.54, 1.807) is 0 Å². The van der Waals surface area contributed by atoms with Crippen LogP contribution in [0.4, 0.5) is 4.39 Å². The zero-order chi connectivity index (χ0) is 7.72. The number of rotatable bonds is 0. The third-order valence-corrected chi connectivity index (χ3v) is 2.01. The minimum Gasteiger partial charge on any atom is -0.215 e. The van der Waals surface area contributed by atoms with Crippen molar-refractivity contribution >= 4 is 34.8 Å². The molecule has 1 heterocycles. The van der Waals surface area contributed by atoms with Gasteiger partial charge in [-0.25, -0.2) is 4.98 Å². The van der Waals surface area contributed by atoms with Crippen molar-refractivity contribution in [1.29, 1.82) is 0 Å².